The minimum Gasteiger partial charge on any atom is -0.484 e. The summed E-state index contributed by atoms with van der Waals surface area (Å²) in [5, 5.41) is 11.6. The van der Waals surface area contributed by atoms with Gasteiger partial charge >= 0.3 is 5.97 Å². The van der Waals surface area contributed by atoms with Crippen molar-refractivity contribution in [3.8, 4) is 5.75 Å². The van der Waals surface area contributed by atoms with Crippen molar-refractivity contribution < 1.29 is 19.4 Å². The lowest BCUT2D eigenvalue weighted by molar-refractivity contribution is -0.143. The van der Waals surface area contributed by atoms with Crippen LogP contribution in [0, 0.1) is 5.92 Å². The van der Waals surface area contributed by atoms with Crippen molar-refractivity contribution in [2.75, 3.05) is 18.1 Å². The molecule has 24 heavy (non-hydrogen) atoms. The molecule has 2 N–H and O–H groups in total. The fourth-order valence-electron chi connectivity index (χ4n) is 2.28. The van der Waals surface area contributed by atoms with E-state index in [1.807, 2.05) is 47.8 Å². The van der Waals surface area contributed by atoms with Gasteiger partial charge in [0.1, 0.15) is 11.8 Å². The highest BCUT2D eigenvalue weighted by atomic mass is 32.2. The molecule has 1 amide bonds. The van der Waals surface area contributed by atoms with Crippen LogP contribution in [0.3, 0.4) is 0 Å². The number of carboxylic acid groups (broad SMARTS) is 1. The number of aliphatic carboxylic acids is 1. The van der Waals surface area contributed by atoms with Crippen LogP contribution in [0.5, 0.6) is 5.75 Å². The van der Waals surface area contributed by atoms with Crippen LogP contribution in [0.15, 0.2) is 24.3 Å². The Kier molecular flexibility index (Phi) is 7.30. The first-order chi connectivity index (χ1) is 11.5. The molecule has 1 heterocycles. The molecule has 0 spiro atoms. The predicted octanol–water partition coefficient (Wildman–Crippen LogP) is 3.16. The molecule has 0 aromatic heterocycles. The minimum atomic E-state index is -1.04. The molecule has 2 rings (SSSR count). The summed E-state index contributed by atoms with van der Waals surface area (Å²) < 4.78 is 5.92. The summed E-state index contributed by atoms with van der Waals surface area (Å²) in [5.74, 6) is 1.34. The molecule has 0 saturated carbocycles. The average Bonchev–Trinajstić information content (AvgIpc) is 2.58. The number of nitrogens with one attached hydrogen (secondary N) is 1. The lowest BCUT2D eigenvalue weighted by Crippen LogP contribution is -2.46. The predicted molar refractivity (Wildman–Crippen MR) is 98.6 cm³/mol. The van der Waals surface area contributed by atoms with Crippen molar-refractivity contribution in [3.63, 3.8) is 0 Å². The highest BCUT2D eigenvalue weighted by molar-refractivity contribution is 8.16. The Balaban J connectivity index is 1.83. The topological polar surface area (TPSA) is 75.6 Å². The summed E-state index contributed by atoms with van der Waals surface area (Å²) in [6.45, 7) is 3.31. The maximum atomic E-state index is 11.8. The van der Waals surface area contributed by atoms with E-state index in [2.05, 4.69) is 5.32 Å². The first-order valence-electron chi connectivity index (χ1n) is 7.95. The number of carboxylic acids is 1. The fraction of sp³-hybridized carbons (Fsp3) is 0.529. The molecular weight excluding hydrogens is 346 g/mol. The van der Waals surface area contributed by atoms with E-state index in [4.69, 9.17) is 9.84 Å². The SMILES string of the molecule is CC(C)[C@@H](NC(=O)COc1ccc(C2SCCCS2)cc1)C(=O)O. The second-order valence-electron chi connectivity index (χ2n) is 5.91. The lowest BCUT2D eigenvalue weighted by atomic mass is 10.1. The summed E-state index contributed by atoms with van der Waals surface area (Å²) >= 11 is 3.91. The smallest absolute Gasteiger partial charge is 0.326 e. The number of hydrogen-bond donors (Lipinski definition) is 2. The van der Waals surface area contributed by atoms with Gasteiger partial charge in [0.05, 0.1) is 4.58 Å². The van der Waals surface area contributed by atoms with Gasteiger partial charge in [0.15, 0.2) is 6.61 Å². The van der Waals surface area contributed by atoms with Crippen LogP contribution in [0.1, 0.15) is 30.4 Å². The molecule has 7 heteroatoms. The van der Waals surface area contributed by atoms with E-state index in [0.29, 0.717) is 10.3 Å². The van der Waals surface area contributed by atoms with E-state index >= 15 is 0 Å². The molecule has 1 saturated heterocycles. The third kappa shape index (κ3) is 5.63. The van der Waals surface area contributed by atoms with Crippen LogP contribution in [0.2, 0.25) is 0 Å². The standard InChI is InChI=1S/C17H23NO4S2/c1-11(2)15(16(20)21)18-14(19)10-22-13-6-4-12(5-7-13)17-23-8-3-9-24-17/h4-7,11,15,17H,3,8-10H2,1-2H3,(H,18,19)(H,20,21)/t15-/m1/s1. The fourth-order valence-corrected chi connectivity index (χ4v) is 5.17. The number of carbonyl (C=O) groups is 2. The number of carbonyl (C=O) groups excluding carboxylic acids is 1. The zero-order chi connectivity index (χ0) is 17.5. The largest absolute Gasteiger partial charge is 0.484 e. The normalized spacial score (nSPS) is 16.6. The van der Waals surface area contributed by atoms with Gasteiger partial charge in [-0.3, -0.25) is 4.79 Å². The monoisotopic (exact) mass is 369 g/mol. The third-order valence-corrected chi connectivity index (χ3v) is 6.61. The number of amides is 1. The molecule has 1 fully saturated rings. The number of hydrogen-bond acceptors (Lipinski definition) is 5. The minimum absolute atomic E-state index is 0.184. The van der Waals surface area contributed by atoms with Gasteiger partial charge < -0.3 is 15.2 Å². The Morgan fingerprint density at radius 1 is 1.25 bits per heavy atom. The van der Waals surface area contributed by atoms with Crippen molar-refractivity contribution in [2.24, 2.45) is 5.92 Å². The van der Waals surface area contributed by atoms with Gasteiger partial charge in [0.2, 0.25) is 0 Å². The van der Waals surface area contributed by atoms with Gasteiger partial charge in [-0.15, -0.1) is 23.5 Å². The molecule has 1 atom stereocenters. The molecule has 132 valence electrons. The Bertz CT molecular complexity index is 556. The van der Waals surface area contributed by atoms with Crippen LogP contribution in [-0.4, -0.2) is 41.1 Å². The van der Waals surface area contributed by atoms with Crippen LogP contribution >= 0.6 is 23.5 Å². The molecule has 1 aliphatic heterocycles. The maximum Gasteiger partial charge on any atom is 0.326 e. The van der Waals surface area contributed by atoms with Gasteiger partial charge in [0, 0.05) is 0 Å². The van der Waals surface area contributed by atoms with E-state index in [0.717, 1.165) is 0 Å². The number of thioether (sulfide) groups is 2. The van der Waals surface area contributed by atoms with Crippen molar-refractivity contribution >= 4 is 35.4 Å². The zero-order valence-corrected chi connectivity index (χ0v) is 15.5. The molecule has 1 aromatic rings. The van der Waals surface area contributed by atoms with Gasteiger partial charge in [0.25, 0.3) is 5.91 Å². The van der Waals surface area contributed by atoms with E-state index in [-0.39, 0.29) is 12.5 Å². The second kappa shape index (κ2) is 9.22. The summed E-state index contributed by atoms with van der Waals surface area (Å²) in [7, 11) is 0. The molecule has 0 radical (unpaired) electrons. The molecule has 5 nitrogen and oxygen atoms in total. The molecule has 1 aliphatic rings. The first-order valence-corrected chi connectivity index (χ1v) is 10.0. The first kappa shape index (κ1) is 19.0. The Labute approximate surface area is 150 Å². The van der Waals surface area contributed by atoms with Crippen molar-refractivity contribution in [2.45, 2.75) is 30.9 Å². The summed E-state index contributed by atoms with van der Waals surface area (Å²) in [6.07, 6.45) is 1.26. The van der Waals surface area contributed by atoms with E-state index in [1.54, 1.807) is 13.8 Å². The molecule has 0 bridgehead atoms. The van der Waals surface area contributed by atoms with E-state index in [1.165, 1.54) is 23.5 Å². The van der Waals surface area contributed by atoms with Gasteiger partial charge in [-0.05, 0) is 41.5 Å². The van der Waals surface area contributed by atoms with Gasteiger partial charge in [-0.25, -0.2) is 4.79 Å². The number of rotatable bonds is 7. The Hall–Kier alpha value is -1.34. The van der Waals surface area contributed by atoms with Crippen LogP contribution < -0.4 is 10.1 Å². The van der Waals surface area contributed by atoms with E-state index < -0.39 is 17.9 Å². The Morgan fingerprint density at radius 2 is 1.88 bits per heavy atom. The number of ether oxygens (including phenoxy) is 1. The molecule has 0 unspecified atom stereocenters. The van der Waals surface area contributed by atoms with Gasteiger partial charge in [-0.1, -0.05) is 26.0 Å². The van der Waals surface area contributed by atoms with Crippen molar-refractivity contribution in [1.29, 1.82) is 0 Å². The van der Waals surface area contributed by atoms with Crippen LogP contribution in [0.4, 0.5) is 0 Å². The summed E-state index contributed by atoms with van der Waals surface area (Å²) in [5.41, 5.74) is 1.26. The van der Waals surface area contributed by atoms with Gasteiger partial charge in [-0.2, -0.15) is 0 Å². The molecular formula is C17H23NO4S2. The van der Waals surface area contributed by atoms with E-state index in [9.17, 15) is 9.59 Å². The maximum absolute atomic E-state index is 11.8. The second-order valence-corrected chi connectivity index (χ2v) is 8.64. The average molecular weight is 370 g/mol. The highest BCUT2D eigenvalue weighted by Crippen LogP contribution is 2.43. The third-order valence-electron chi connectivity index (χ3n) is 3.60. The number of benzene rings is 1. The van der Waals surface area contributed by atoms with Crippen molar-refractivity contribution in [3.05, 3.63) is 29.8 Å². The Morgan fingerprint density at radius 3 is 2.42 bits per heavy atom. The molecule has 0 aliphatic carbocycles. The van der Waals surface area contributed by atoms with Crippen molar-refractivity contribution in [1.82, 2.24) is 5.32 Å². The summed E-state index contributed by atoms with van der Waals surface area (Å²) in [4.78, 5) is 22.9. The van der Waals surface area contributed by atoms with Crippen LogP contribution in [0.25, 0.3) is 0 Å². The molecule has 1 aromatic carbocycles. The lowest BCUT2D eigenvalue weighted by Gasteiger charge is -2.21. The van der Waals surface area contributed by atoms with Crippen LogP contribution in [-0.2, 0) is 9.59 Å². The quantitative estimate of drug-likeness (QED) is 0.769. The zero-order valence-electron chi connectivity index (χ0n) is 13.9. The highest BCUT2D eigenvalue weighted by Gasteiger charge is 2.23. The summed E-state index contributed by atoms with van der Waals surface area (Å²) in [6, 6.07) is 6.86.